The number of anilines is 1. The van der Waals surface area contributed by atoms with E-state index in [0.717, 1.165) is 34.1 Å². The lowest BCUT2D eigenvalue weighted by atomic mass is 10.0. The van der Waals surface area contributed by atoms with E-state index < -0.39 is 0 Å². The lowest BCUT2D eigenvalue weighted by molar-refractivity contribution is -0.116. The normalized spacial score (nSPS) is 14.0. The van der Waals surface area contributed by atoms with E-state index in [0.29, 0.717) is 13.0 Å². The predicted octanol–water partition coefficient (Wildman–Crippen LogP) is 2.86. The first kappa shape index (κ1) is 12.4. The van der Waals surface area contributed by atoms with Crippen molar-refractivity contribution in [2.24, 2.45) is 0 Å². The summed E-state index contributed by atoms with van der Waals surface area (Å²) in [5.74, 6) is 0.807. The van der Waals surface area contributed by atoms with Crippen LogP contribution in [0, 0.1) is 0 Å². The third-order valence-electron chi connectivity index (χ3n) is 3.51. The molecule has 2 aromatic heterocycles. The first-order chi connectivity index (χ1) is 10.3. The highest BCUT2D eigenvalue weighted by atomic mass is 32.1. The van der Waals surface area contributed by atoms with Gasteiger partial charge in [0, 0.05) is 35.9 Å². The van der Waals surface area contributed by atoms with Gasteiger partial charge in [-0.1, -0.05) is 6.07 Å². The Hall–Kier alpha value is -2.34. The lowest BCUT2D eigenvalue weighted by Crippen LogP contribution is -2.18. The Labute approximate surface area is 125 Å². The SMILES string of the molecule is O=C1CCc2ccc(OCc3cn4ccsc4n3)cc2N1. The molecule has 0 atom stereocenters. The summed E-state index contributed by atoms with van der Waals surface area (Å²) >= 11 is 1.60. The van der Waals surface area contributed by atoms with Gasteiger partial charge in [0.2, 0.25) is 5.91 Å². The van der Waals surface area contributed by atoms with Gasteiger partial charge >= 0.3 is 0 Å². The van der Waals surface area contributed by atoms with Gasteiger partial charge in [-0.3, -0.25) is 9.20 Å². The average molecular weight is 299 g/mol. The molecular weight excluding hydrogens is 286 g/mol. The molecule has 106 valence electrons. The van der Waals surface area contributed by atoms with Crippen molar-refractivity contribution in [3.63, 3.8) is 0 Å². The fourth-order valence-corrected chi connectivity index (χ4v) is 3.16. The van der Waals surface area contributed by atoms with E-state index in [-0.39, 0.29) is 5.91 Å². The quantitative estimate of drug-likeness (QED) is 0.809. The monoisotopic (exact) mass is 299 g/mol. The van der Waals surface area contributed by atoms with Crippen molar-refractivity contribution in [2.75, 3.05) is 5.32 Å². The van der Waals surface area contributed by atoms with Crippen LogP contribution in [0.5, 0.6) is 5.75 Å². The van der Waals surface area contributed by atoms with Crippen LogP contribution in [-0.2, 0) is 17.8 Å². The number of hydrogen-bond donors (Lipinski definition) is 1. The number of thiazole rings is 1. The Bertz CT molecular complexity index is 793. The van der Waals surface area contributed by atoms with Gasteiger partial charge in [0.15, 0.2) is 4.96 Å². The van der Waals surface area contributed by atoms with Crippen LogP contribution in [0.15, 0.2) is 36.0 Å². The van der Waals surface area contributed by atoms with E-state index in [1.165, 1.54) is 0 Å². The smallest absolute Gasteiger partial charge is 0.224 e. The summed E-state index contributed by atoms with van der Waals surface area (Å²) in [5.41, 5.74) is 2.91. The van der Waals surface area contributed by atoms with Crippen molar-refractivity contribution >= 4 is 27.9 Å². The summed E-state index contributed by atoms with van der Waals surface area (Å²) in [7, 11) is 0. The van der Waals surface area contributed by atoms with Crippen molar-refractivity contribution in [1.82, 2.24) is 9.38 Å². The van der Waals surface area contributed by atoms with Crippen LogP contribution in [0.4, 0.5) is 5.69 Å². The van der Waals surface area contributed by atoms with Crippen LogP contribution in [0.1, 0.15) is 17.7 Å². The van der Waals surface area contributed by atoms with Gasteiger partial charge in [-0.15, -0.1) is 11.3 Å². The minimum Gasteiger partial charge on any atom is -0.487 e. The zero-order valence-electron chi connectivity index (χ0n) is 11.2. The second-order valence-electron chi connectivity index (χ2n) is 4.98. The van der Waals surface area contributed by atoms with Gasteiger partial charge in [0.05, 0.1) is 5.69 Å². The van der Waals surface area contributed by atoms with E-state index in [9.17, 15) is 4.79 Å². The van der Waals surface area contributed by atoms with Crippen molar-refractivity contribution in [3.8, 4) is 5.75 Å². The molecule has 5 nitrogen and oxygen atoms in total. The van der Waals surface area contributed by atoms with Crippen LogP contribution in [-0.4, -0.2) is 15.3 Å². The van der Waals surface area contributed by atoms with Gasteiger partial charge in [-0.25, -0.2) is 4.98 Å². The van der Waals surface area contributed by atoms with E-state index >= 15 is 0 Å². The largest absolute Gasteiger partial charge is 0.487 e. The molecular formula is C15H13N3O2S. The maximum atomic E-state index is 11.4. The molecule has 0 saturated heterocycles. The molecule has 0 spiro atoms. The topological polar surface area (TPSA) is 55.6 Å². The third kappa shape index (κ3) is 2.38. The van der Waals surface area contributed by atoms with E-state index in [4.69, 9.17) is 4.74 Å². The highest BCUT2D eigenvalue weighted by Crippen LogP contribution is 2.27. The molecule has 1 aromatic carbocycles. The van der Waals surface area contributed by atoms with E-state index in [1.54, 1.807) is 11.3 Å². The summed E-state index contributed by atoms with van der Waals surface area (Å²) in [6.45, 7) is 0.418. The molecule has 6 heteroatoms. The van der Waals surface area contributed by atoms with Crippen LogP contribution in [0.3, 0.4) is 0 Å². The summed E-state index contributed by atoms with van der Waals surface area (Å²) in [6.07, 6.45) is 5.29. The number of imidazole rings is 1. The average Bonchev–Trinajstić information content (AvgIpc) is 3.05. The minimum atomic E-state index is 0.0639. The Morgan fingerprint density at radius 2 is 2.33 bits per heavy atom. The van der Waals surface area contributed by atoms with Crippen molar-refractivity contribution in [3.05, 3.63) is 47.2 Å². The van der Waals surface area contributed by atoms with Crippen LogP contribution in [0.2, 0.25) is 0 Å². The first-order valence-electron chi connectivity index (χ1n) is 6.74. The van der Waals surface area contributed by atoms with Crippen molar-refractivity contribution in [1.29, 1.82) is 0 Å². The Morgan fingerprint density at radius 1 is 1.38 bits per heavy atom. The molecule has 1 amide bonds. The van der Waals surface area contributed by atoms with Crippen molar-refractivity contribution in [2.45, 2.75) is 19.4 Å². The number of hydrogen-bond acceptors (Lipinski definition) is 4. The molecule has 0 aliphatic carbocycles. The van der Waals surface area contributed by atoms with E-state index in [1.807, 2.05) is 40.4 Å². The number of carbonyl (C=O) groups is 1. The second kappa shape index (κ2) is 4.89. The number of amides is 1. The highest BCUT2D eigenvalue weighted by molar-refractivity contribution is 7.15. The molecule has 0 bridgehead atoms. The predicted molar refractivity (Wildman–Crippen MR) is 80.8 cm³/mol. The molecule has 3 aromatic rings. The van der Waals surface area contributed by atoms with Crippen LogP contribution >= 0.6 is 11.3 Å². The second-order valence-corrected chi connectivity index (χ2v) is 5.85. The molecule has 0 saturated carbocycles. The Kier molecular flexibility index (Phi) is 2.89. The molecule has 1 N–H and O–H groups in total. The standard InChI is InChI=1S/C15H13N3O2S/c19-14-4-2-10-1-3-12(7-13(10)17-14)20-9-11-8-18-5-6-21-15(18)16-11/h1,3,5-8H,2,4,9H2,(H,17,19). The number of fused-ring (bicyclic) bond motifs is 2. The molecule has 4 rings (SSSR count). The van der Waals surface area contributed by atoms with Gasteiger partial charge in [0.1, 0.15) is 12.4 Å². The maximum absolute atomic E-state index is 11.4. The molecule has 0 radical (unpaired) electrons. The molecule has 21 heavy (non-hydrogen) atoms. The summed E-state index contributed by atoms with van der Waals surface area (Å²) in [5, 5.41) is 4.88. The number of rotatable bonds is 3. The molecule has 1 aliphatic rings. The number of nitrogens with one attached hydrogen (secondary N) is 1. The van der Waals surface area contributed by atoms with Gasteiger partial charge in [0.25, 0.3) is 0 Å². The number of benzene rings is 1. The fourth-order valence-electron chi connectivity index (χ4n) is 2.44. The fraction of sp³-hybridized carbons (Fsp3) is 0.200. The molecule has 1 aliphatic heterocycles. The Morgan fingerprint density at radius 3 is 3.24 bits per heavy atom. The van der Waals surface area contributed by atoms with Crippen LogP contribution in [0.25, 0.3) is 4.96 Å². The number of aryl methyl sites for hydroxylation is 1. The van der Waals surface area contributed by atoms with Gasteiger partial charge < -0.3 is 10.1 Å². The lowest BCUT2D eigenvalue weighted by Gasteiger charge is -2.17. The minimum absolute atomic E-state index is 0.0639. The Balaban J connectivity index is 1.50. The van der Waals surface area contributed by atoms with Gasteiger partial charge in [-0.05, 0) is 18.1 Å². The number of aromatic nitrogens is 2. The first-order valence-corrected chi connectivity index (χ1v) is 7.62. The number of carbonyl (C=O) groups excluding carboxylic acids is 1. The molecule has 0 unspecified atom stereocenters. The molecule has 3 heterocycles. The third-order valence-corrected chi connectivity index (χ3v) is 4.28. The summed E-state index contributed by atoms with van der Waals surface area (Å²) in [6, 6.07) is 5.83. The number of nitrogens with zero attached hydrogens (tertiary/aromatic N) is 2. The zero-order chi connectivity index (χ0) is 14.2. The summed E-state index contributed by atoms with van der Waals surface area (Å²) < 4.78 is 7.75. The summed E-state index contributed by atoms with van der Waals surface area (Å²) in [4.78, 5) is 16.9. The van der Waals surface area contributed by atoms with Crippen LogP contribution < -0.4 is 10.1 Å². The highest BCUT2D eigenvalue weighted by Gasteiger charge is 2.15. The van der Waals surface area contributed by atoms with Crippen molar-refractivity contribution < 1.29 is 9.53 Å². The number of ether oxygens (including phenoxy) is 1. The van der Waals surface area contributed by atoms with E-state index in [2.05, 4.69) is 10.3 Å². The van der Waals surface area contributed by atoms with Gasteiger partial charge in [-0.2, -0.15) is 0 Å². The maximum Gasteiger partial charge on any atom is 0.224 e. The zero-order valence-corrected chi connectivity index (χ0v) is 12.0. The molecule has 0 fully saturated rings.